The summed E-state index contributed by atoms with van der Waals surface area (Å²) in [6, 6.07) is 15.6. The number of nitrogens with two attached hydrogens (primary N) is 1. The molecule has 3 aromatic rings. The molecule has 5 heteroatoms. The predicted octanol–water partition coefficient (Wildman–Crippen LogP) is 3.72. The number of fused-ring (bicyclic) bond motifs is 1. The minimum Gasteiger partial charge on any atom is -0.368 e. The summed E-state index contributed by atoms with van der Waals surface area (Å²) in [6.45, 7) is 0. The molecule has 19 heavy (non-hydrogen) atoms. The molecule has 3 N–H and O–H groups in total. The van der Waals surface area contributed by atoms with Crippen LogP contribution >= 0.6 is 15.9 Å². The van der Waals surface area contributed by atoms with Crippen LogP contribution in [0.1, 0.15) is 0 Å². The second-order valence-corrected chi connectivity index (χ2v) is 5.00. The summed E-state index contributed by atoms with van der Waals surface area (Å²) in [5, 5.41) is 4.21. The molecule has 0 spiro atoms. The van der Waals surface area contributed by atoms with Gasteiger partial charge in [-0.15, -0.1) is 0 Å². The van der Waals surface area contributed by atoms with Gasteiger partial charge in [-0.1, -0.05) is 28.1 Å². The Bertz CT molecular complexity index is 725. The molecule has 94 valence electrons. The standard InChI is InChI=1S/C14H11BrN4/c15-9-5-7-10(8-6-9)17-13-11-3-1-2-4-12(11)18-14(16)19-13/h1-8H,(H3,16,17,18,19). The number of rotatable bonds is 2. The third-order valence-corrected chi connectivity index (χ3v) is 3.26. The summed E-state index contributed by atoms with van der Waals surface area (Å²) < 4.78 is 1.03. The van der Waals surface area contributed by atoms with Crippen molar-refractivity contribution in [3.8, 4) is 0 Å². The predicted molar refractivity (Wildman–Crippen MR) is 81.4 cm³/mol. The van der Waals surface area contributed by atoms with E-state index in [1.165, 1.54) is 0 Å². The molecule has 0 fully saturated rings. The average Bonchev–Trinajstić information content (AvgIpc) is 2.41. The number of nitrogens with zero attached hydrogens (tertiary/aromatic N) is 2. The Morgan fingerprint density at radius 2 is 1.68 bits per heavy atom. The van der Waals surface area contributed by atoms with Gasteiger partial charge in [0.15, 0.2) is 0 Å². The molecule has 0 bridgehead atoms. The number of halogens is 1. The zero-order chi connectivity index (χ0) is 13.2. The third kappa shape index (κ3) is 2.51. The first-order chi connectivity index (χ1) is 9.22. The first-order valence-corrected chi connectivity index (χ1v) is 6.56. The molecule has 0 atom stereocenters. The number of benzene rings is 2. The Balaban J connectivity index is 2.07. The quantitative estimate of drug-likeness (QED) is 0.756. The fourth-order valence-electron chi connectivity index (χ4n) is 1.86. The third-order valence-electron chi connectivity index (χ3n) is 2.73. The zero-order valence-electron chi connectivity index (χ0n) is 9.97. The molecule has 0 aliphatic rings. The number of anilines is 3. The molecule has 0 aliphatic carbocycles. The fraction of sp³-hybridized carbons (Fsp3) is 0. The minimum atomic E-state index is 0.262. The van der Waals surface area contributed by atoms with Crippen LogP contribution in [-0.4, -0.2) is 9.97 Å². The largest absolute Gasteiger partial charge is 0.368 e. The lowest BCUT2D eigenvalue weighted by molar-refractivity contribution is 1.23. The Kier molecular flexibility index (Phi) is 3.05. The molecule has 0 radical (unpaired) electrons. The maximum Gasteiger partial charge on any atom is 0.222 e. The molecule has 0 saturated carbocycles. The van der Waals surface area contributed by atoms with Gasteiger partial charge in [0.05, 0.1) is 5.52 Å². The molecular weight excluding hydrogens is 304 g/mol. The highest BCUT2D eigenvalue weighted by molar-refractivity contribution is 9.10. The number of nitrogens with one attached hydrogen (secondary N) is 1. The van der Waals surface area contributed by atoms with Gasteiger partial charge in [0.25, 0.3) is 0 Å². The SMILES string of the molecule is Nc1nc(Nc2ccc(Br)cc2)c2ccccc2n1. The Labute approximate surface area is 118 Å². The van der Waals surface area contributed by atoms with E-state index in [1.807, 2.05) is 48.5 Å². The van der Waals surface area contributed by atoms with E-state index < -0.39 is 0 Å². The molecule has 0 aliphatic heterocycles. The fourth-order valence-corrected chi connectivity index (χ4v) is 2.12. The van der Waals surface area contributed by atoms with Gasteiger partial charge in [0.1, 0.15) is 5.82 Å². The summed E-state index contributed by atoms with van der Waals surface area (Å²) in [6.07, 6.45) is 0. The van der Waals surface area contributed by atoms with Gasteiger partial charge >= 0.3 is 0 Å². The smallest absolute Gasteiger partial charge is 0.222 e. The van der Waals surface area contributed by atoms with Crippen LogP contribution in [0.15, 0.2) is 53.0 Å². The average molecular weight is 315 g/mol. The zero-order valence-corrected chi connectivity index (χ0v) is 11.6. The molecule has 0 amide bonds. The lowest BCUT2D eigenvalue weighted by atomic mass is 10.2. The molecule has 0 unspecified atom stereocenters. The second kappa shape index (κ2) is 4.85. The van der Waals surface area contributed by atoms with Crippen molar-refractivity contribution >= 4 is 44.3 Å². The number of para-hydroxylation sites is 1. The topological polar surface area (TPSA) is 63.8 Å². The van der Waals surface area contributed by atoms with E-state index in [1.54, 1.807) is 0 Å². The van der Waals surface area contributed by atoms with Gasteiger partial charge in [0.2, 0.25) is 5.95 Å². The molecule has 3 rings (SSSR count). The van der Waals surface area contributed by atoms with Crippen LogP contribution in [0, 0.1) is 0 Å². The first kappa shape index (κ1) is 11.9. The molecule has 4 nitrogen and oxygen atoms in total. The van der Waals surface area contributed by atoms with Gasteiger partial charge in [0, 0.05) is 15.5 Å². The van der Waals surface area contributed by atoms with E-state index in [2.05, 4.69) is 31.2 Å². The summed E-state index contributed by atoms with van der Waals surface area (Å²) in [4.78, 5) is 8.47. The van der Waals surface area contributed by atoms with Crippen molar-refractivity contribution < 1.29 is 0 Å². The summed E-state index contributed by atoms with van der Waals surface area (Å²) in [5.74, 6) is 0.976. The highest BCUT2D eigenvalue weighted by Crippen LogP contribution is 2.25. The van der Waals surface area contributed by atoms with Crippen LogP contribution in [0.5, 0.6) is 0 Å². The van der Waals surface area contributed by atoms with Gasteiger partial charge in [-0.25, -0.2) is 4.98 Å². The summed E-state index contributed by atoms with van der Waals surface area (Å²) >= 11 is 3.41. The minimum absolute atomic E-state index is 0.262. The normalized spacial score (nSPS) is 10.6. The monoisotopic (exact) mass is 314 g/mol. The Hall–Kier alpha value is -2.14. The van der Waals surface area contributed by atoms with Crippen LogP contribution in [0.4, 0.5) is 17.5 Å². The maximum absolute atomic E-state index is 5.73. The van der Waals surface area contributed by atoms with E-state index in [-0.39, 0.29) is 5.95 Å². The highest BCUT2D eigenvalue weighted by atomic mass is 79.9. The number of hydrogen-bond donors (Lipinski definition) is 2. The van der Waals surface area contributed by atoms with Crippen LogP contribution < -0.4 is 11.1 Å². The molecule has 1 heterocycles. The molecular formula is C14H11BrN4. The first-order valence-electron chi connectivity index (χ1n) is 5.77. The van der Waals surface area contributed by atoms with Gasteiger partial charge in [-0.3, -0.25) is 0 Å². The van der Waals surface area contributed by atoms with E-state index in [0.29, 0.717) is 5.82 Å². The van der Waals surface area contributed by atoms with Gasteiger partial charge < -0.3 is 11.1 Å². The van der Waals surface area contributed by atoms with Crippen LogP contribution in [0.3, 0.4) is 0 Å². The van der Waals surface area contributed by atoms with Crippen LogP contribution in [0.25, 0.3) is 10.9 Å². The molecule has 0 saturated heterocycles. The van der Waals surface area contributed by atoms with Gasteiger partial charge in [-0.05, 0) is 36.4 Å². The summed E-state index contributed by atoms with van der Waals surface area (Å²) in [7, 11) is 0. The van der Waals surface area contributed by atoms with E-state index in [9.17, 15) is 0 Å². The summed E-state index contributed by atoms with van der Waals surface area (Å²) in [5.41, 5.74) is 7.51. The van der Waals surface area contributed by atoms with Crippen molar-refractivity contribution in [1.29, 1.82) is 0 Å². The molecule has 1 aromatic heterocycles. The van der Waals surface area contributed by atoms with Crippen molar-refractivity contribution in [2.75, 3.05) is 11.1 Å². The van der Waals surface area contributed by atoms with Crippen molar-refractivity contribution in [1.82, 2.24) is 9.97 Å². The maximum atomic E-state index is 5.73. The highest BCUT2D eigenvalue weighted by Gasteiger charge is 2.05. The van der Waals surface area contributed by atoms with E-state index >= 15 is 0 Å². The number of hydrogen-bond acceptors (Lipinski definition) is 4. The van der Waals surface area contributed by atoms with Crippen molar-refractivity contribution in [2.45, 2.75) is 0 Å². The van der Waals surface area contributed by atoms with Crippen LogP contribution in [0.2, 0.25) is 0 Å². The second-order valence-electron chi connectivity index (χ2n) is 4.08. The molecule has 2 aromatic carbocycles. The number of nitrogen functional groups attached to an aromatic ring is 1. The van der Waals surface area contributed by atoms with Crippen molar-refractivity contribution in [3.05, 3.63) is 53.0 Å². The lowest BCUT2D eigenvalue weighted by Crippen LogP contribution is -2.01. The van der Waals surface area contributed by atoms with Crippen molar-refractivity contribution in [3.63, 3.8) is 0 Å². The Morgan fingerprint density at radius 3 is 2.47 bits per heavy atom. The van der Waals surface area contributed by atoms with Crippen molar-refractivity contribution in [2.24, 2.45) is 0 Å². The van der Waals surface area contributed by atoms with Gasteiger partial charge in [-0.2, -0.15) is 4.98 Å². The lowest BCUT2D eigenvalue weighted by Gasteiger charge is -2.09. The van der Waals surface area contributed by atoms with E-state index in [4.69, 9.17) is 5.73 Å². The Morgan fingerprint density at radius 1 is 0.947 bits per heavy atom. The van der Waals surface area contributed by atoms with E-state index in [0.717, 1.165) is 21.1 Å². The number of aromatic nitrogens is 2. The van der Waals surface area contributed by atoms with Crippen LogP contribution in [-0.2, 0) is 0 Å².